The maximum atomic E-state index is 12.9. The normalized spacial score (nSPS) is 10.6. The Hall–Kier alpha value is -3.70. The molecule has 0 saturated heterocycles. The molecule has 2 rings (SSSR count). The number of carbonyl (C=O) groups excluding carboxylic acids is 2. The van der Waals surface area contributed by atoms with Gasteiger partial charge in [0.1, 0.15) is 12.4 Å². The minimum atomic E-state index is -0.767. The Bertz CT molecular complexity index is 1030. The summed E-state index contributed by atoms with van der Waals surface area (Å²) in [6.45, 7) is 3.49. The summed E-state index contributed by atoms with van der Waals surface area (Å²) in [6.07, 6.45) is 5.02. The number of rotatable bonds is 11. The molecule has 32 heavy (non-hydrogen) atoms. The van der Waals surface area contributed by atoms with Crippen molar-refractivity contribution < 1.29 is 14.3 Å². The number of ether oxygens (including phenoxy) is 1. The number of hydrogen-bond donors (Lipinski definition) is 2. The summed E-state index contributed by atoms with van der Waals surface area (Å²) < 4.78 is 6.32. The van der Waals surface area contributed by atoms with Gasteiger partial charge in [0, 0.05) is 32.5 Å². The molecular weight excluding hydrogens is 418 g/mol. The van der Waals surface area contributed by atoms with E-state index < -0.39 is 29.7 Å². The van der Waals surface area contributed by atoms with Crippen LogP contribution < -0.4 is 26.8 Å². The van der Waals surface area contributed by atoms with Crippen molar-refractivity contribution in [1.29, 1.82) is 0 Å². The lowest BCUT2D eigenvalue weighted by molar-refractivity contribution is -0.146. The second-order valence-corrected chi connectivity index (χ2v) is 7.11. The first-order chi connectivity index (χ1) is 15.3. The molecule has 2 aromatic rings. The third kappa shape index (κ3) is 6.15. The summed E-state index contributed by atoms with van der Waals surface area (Å²) in [6, 6.07) is 1.65. The molecule has 0 spiro atoms. The van der Waals surface area contributed by atoms with E-state index in [4.69, 9.17) is 10.5 Å². The van der Waals surface area contributed by atoms with Gasteiger partial charge in [-0.1, -0.05) is 20.3 Å². The van der Waals surface area contributed by atoms with Crippen molar-refractivity contribution in [1.82, 2.24) is 19.5 Å². The van der Waals surface area contributed by atoms with Gasteiger partial charge in [-0.2, -0.15) is 0 Å². The number of nitrogens with one attached hydrogen (secondary N) is 1. The van der Waals surface area contributed by atoms with Crippen LogP contribution in [0.3, 0.4) is 0 Å². The van der Waals surface area contributed by atoms with Gasteiger partial charge in [-0.15, -0.1) is 0 Å². The fourth-order valence-electron chi connectivity index (χ4n) is 2.98. The van der Waals surface area contributed by atoms with Crippen molar-refractivity contribution in [3.8, 4) is 0 Å². The number of aromatic amines is 1. The number of nitrogen functional groups attached to an aromatic ring is 1. The first-order valence-corrected chi connectivity index (χ1v) is 10.4. The smallest absolute Gasteiger partial charge is 0.330 e. The van der Waals surface area contributed by atoms with E-state index in [1.807, 2.05) is 13.8 Å². The molecule has 0 aliphatic heterocycles. The number of nitrogens with two attached hydrogens (primary N) is 1. The minimum absolute atomic E-state index is 0.0997. The highest BCUT2D eigenvalue weighted by atomic mass is 16.5. The van der Waals surface area contributed by atoms with Crippen LogP contribution in [-0.2, 0) is 20.9 Å². The second kappa shape index (κ2) is 11.6. The van der Waals surface area contributed by atoms with Gasteiger partial charge < -0.3 is 20.3 Å². The lowest BCUT2D eigenvalue weighted by atomic mass is 10.2. The predicted molar refractivity (Wildman–Crippen MR) is 120 cm³/mol. The van der Waals surface area contributed by atoms with E-state index in [-0.39, 0.29) is 31.1 Å². The summed E-state index contributed by atoms with van der Waals surface area (Å²) >= 11 is 0. The highest BCUT2D eigenvalue weighted by Gasteiger charge is 2.25. The number of nitrogens with zero attached hydrogens (tertiary/aromatic N) is 5. The number of esters is 1. The molecule has 12 nitrogen and oxygen atoms in total. The third-order valence-electron chi connectivity index (χ3n) is 4.58. The molecule has 3 N–H and O–H groups in total. The molecule has 0 radical (unpaired) electrons. The lowest BCUT2D eigenvalue weighted by Gasteiger charge is -2.24. The Balaban J connectivity index is 2.17. The Morgan fingerprint density at radius 1 is 1.19 bits per heavy atom. The summed E-state index contributed by atoms with van der Waals surface area (Å²) in [5.74, 6) is -1.05. The monoisotopic (exact) mass is 447 g/mol. The zero-order valence-electron chi connectivity index (χ0n) is 18.5. The average Bonchev–Trinajstić information content (AvgIpc) is 2.77. The number of carbonyl (C=O) groups is 2. The summed E-state index contributed by atoms with van der Waals surface area (Å²) in [5, 5.41) is 0. The van der Waals surface area contributed by atoms with Crippen LogP contribution in [0.1, 0.15) is 33.1 Å². The van der Waals surface area contributed by atoms with Gasteiger partial charge >= 0.3 is 11.7 Å². The number of hydrogen-bond acceptors (Lipinski definition) is 9. The third-order valence-corrected chi connectivity index (χ3v) is 4.58. The minimum Gasteiger partial charge on any atom is -0.454 e. The topological polar surface area (TPSA) is 157 Å². The second-order valence-electron chi connectivity index (χ2n) is 7.11. The van der Waals surface area contributed by atoms with Gasteiger partial charge in [-0.3, -0.25) is 23.9 Å². The van der Waals surface area contributed by atoms with Crippen LogP contribution in [0.25, 0.3) is 0 Å². The van der Waals surface area contributed by atoms with E-state index in [2.05, 4.69) is 15.0 Å². The SMILES string of the molecule is CCCCN(C(=O)COC(=O)CN(C)c1ncccn1)c1c(N)n(CCC)c(=O)[nH]c1=O. The van der Waals surface area contributed by atoms with Gasteiger partial charge in [0.2, 0.25) is 5.95 Å². The first-order valence-electron chi connectivity index (χ1n) is 10.4. The van der Waals surface area contributed by atoms with Crippen molar-refractivity contribution >= 4 is 29.3 Å². The molecule has 2 aromatic heterocycles. The van der Waals surface area contributed by atoms with Crippen LogP contribution in [0.4, 0.5) is 17.5 Å². The zero-order chi connectivity index (χ0) is 23.7. The highest BCUT2D eigenvalue weighted by molar-refractivity contribution is 5.97. The standard InChI is InChI=1S/C20H29N7O5/c1-4-6-11-26(16-17(21)27(10-5-2)20(31)24-18(16)30)14(28)13-32-15(29)12-25(3)19-22-8-7-9-23-19/h7-9H,4-6,10-13,21H2,1-3H3,(H,24,30,31). The summed E-state index contributed by atoms with van der Waals surface area (Å²) in [4.78, 5) is 62.6. The van der Waals surface area contributed by atoms with E-state index in [0.29, 0.717) is 18.8 Å². The van der Waals surface area contributed by atoms with Gasteiger partial charge in [0.15, 0.2) is 12.3 Å². The molecule has 2 heterocycles. The maximum absolute atomic E-state index is 12.9. The van der Waals surface area contributed by atoms with E-state index in [0.717, 1.165) is 6.42 Å². The van der Waals surface area contributed by atoms with Crippen molar-refractivity contribution in [2.75, 3.05) is 42.3 Å². The van der Waals surface area contributed by atoms with Crippen molar-refractivity contribution in [2.45, 2.75) is 39.7 Å². The fraction of sp³-hybridized carbons (Fsp3) is 0.500. The van der Waals surface area contributed by atoms with Gasteiger partial charge in [-0.05, 0) is 18.9 Å². The maximum Gasteiger partial charge on any atom is 0.330 e. The molecule has 174 valence electrons. The quantitative estimate of drug-likeness (QED) is 0.457. The molecule has 0 unspecified atom stereocenters. The van der Waals surface area contributed by atoms with E-state index >= 15 is 0 Å². The fourth-order valence-corrected chi connectivity index (χ4v) is 2.98. The number of H-pyrrole nitrogens is 1. The Morgan fingerprint density at radius 2 is 1.88 bits per heavy atom. The number of aromatic nitrogens is 4. The van der Waals surface area contributed by atoms with Crippen molar-refractivity contribution in [3.05, 3.63) is 39.3 Å². The largest absolute Gasteiger partial charge is 0.454 e. The molecule has 0 fully saturated rings. The van der Waals surface area contributed by atoms with Gasteiger partial charge in [0.05, 0.1) is 0 Å². The molecule has 0 aromatic carbocycles. The van der Waals surface area contributed by atoms with Crippen LogP contribution in [0.2, 0.25) is 0 Å². The molecule has 1 amide bonds. The molecule has 0 saturated carbocycles. The highest BCUT2D eigenvalue weighted by Crippen LogP contribution is 2.18. The molecular formula is C20H29N7O5. The molecule has 0 bridgehead atoms. The number of amides is 1. The van der Waals surface area contributed by atoms with Crippen LogP contribution in [0, 0.1) is 0 Å². The van der Waals surface area contributed by atoms with Crippen LogP contribution in [0.5, 0.6) is 0 Å². The Labute approximate surface area is 185 Å². The summed E-state index contributed by atoms with van der Waals surface area (Å²) in [7, 11) is 1.61. The Morgan fingerprint density at radius 3 is 2.50 bits per heavy atom. The van der Waals surface area contributed by atoms with Gasteiger partial charge in [0.25, 0.3) is 11.5 Å². The van der Waals surface area contributed by atoms with E-state index in [1.54, 1.807) is 25.5 Å². The zero-order valence-corrected chi connectivity index (χ0v) is 18.5. The average molecular weight is 447 g/mol. The van der Waals surface area contributed by atoms with Crippen LogP contribution in [-0.4, -0.2) is 58.1 Å². The number of anilines is 3. The number of likely N-dealkylation sites (N-methyl/N-ethyl adjacent to an activating group) is 1. The number of unbranched alkanes of at least 4 members (excludes halogenated alkanes) is 1. The van der Waals surface area contributed by atoms with E-state index in [1.165, 1.54) is 14.4 Å². The van der Waals surface area contributed by atoms with Crippen molar-refractivity contribution in [2.24, 2.45) is 0 Å². The molecule has 0 aliphatic carbocycles. The summed E-state index contributed by atoms with van der Waals surface area (Å²) in [5.41, 5.74) is 4.56. The molecule has 0 atom stereocenters. The Kier molecular flexibility index (Phi) is 8.93. The molecule has 12 heteroatoms. The van der Waals surface area contributed by atoms with Gasteiger partial charge in [-0.25, -0.2) is 14.8 Å². The van der Waals surface area contributed by atoms with E-state index in [9.17, 15) is 19.2 Å². The first kappa shape index (κ1) is 24.6. The molecule has 0 aliphatic rings. The van der Waals surface area contributed by atoms with Crippen LogP contribution >= 0.6 is 0 Å². The van der Waals surface area contributed by atoms with Crippen LogP contribution in [0.15, 0.2) is 28.0 Å². The predicted octanol–water partition coefficient (Wildman–Crippen LogP) is 0.132. The lowest BCUT2D eigenvalue weighted by Crippen LogP contribution is -2.43. The van der Waals surface area contributed by atoms with Crippen molar-refractivity contribution in [3.63, 3.8) is 0 Å².